The molecule has 120 valence electrons. The Morgan fingerprint density at radius 2 is 1.91 bits per heavy atom. The molecule has 0 fully saturated rings. The molecule has 7 heteroatoms. The van der Waals surface area contributed by atoms with Crippen molar-refractivity contribution in [2.24, 2.45) is 5.10 Å². The highest BCUT2D eigenvalue weighted by Crippen LogP contribution is 2.32. The first-order chi connectivity index (χ1) is 11.2. The summed E-state index contributed by atoms with van der Waals surface area (Å²) in [7, 11) is 3.15. The lowest BCUT2D eigenvalue weighted by molar-refractivity contribution is 0.414. The number of hydrazone groups is 1. The van der Waals surface area contributed by atoms with Gasteiger partial charge in [0.05, 0.1) is 31.1 Å². The molecule has 23 heavy (non-hydrogen) atoms. The van der Waals surface area contributed by atoms with Gasteiger partial charge in [-0.2, -0.15) is 5.10 Å². The standard InChI is InChI=1S/C16H16ClN3O2S/c1-21-14-9-4-3-6-11(14)10-18-20-16(23)19-13-8-5-7-12(17)15(13)22-2/h3-10H,1-2H3,(H2,19,20,23)/b18-10+. The summed E-state index contributed by atoms with van der Waals surface area (Å²) in [4.78, 5) is 0. The summed E-state index contributed by atoms with van der Waals surface area (Å²) in [6.07, 6.45) is 1.63. The fourth-order valence-corrected chi connectivity index (χ4v) is 2.31. The molecule has 0 heterocycles. The number of halogens is 1. The van der Waals surface area contributed by atoms with Crippen LogP contribution in [0.5, 0.6) is 11.5 Å². The van der Waals surface area contributed by atoms with Gasteiger partial charge in [-0.1, -0.05) is 29.8 Å². The number of ether oxygens (including phenoxy) is 2. The summed E-state index contributed by atoms with van der Waals surface area (Å²) < 4.78 is 10.5. The Kier molecular flexibility index (Phi) is 6.19. The molecule has 0 aliphatic rings. The number of para-hydroxylation sites is 2. The van der Waals surface area contributed by atoms with Crippen molar-refractivity contribution < 1.29 is 9.47 Å². The van der Waals surface area contributed by atoms with Crippen LogP contribution in [-0.4, -0.2) is 25.5 Å². The van der Waals surface area contributed by atoms with Gasteiger partial charge in [-0.25, -0.2) is 0 Å². The van der Waals surface area contributed by atoms with E-state index in [0.717, 1.165) is 11.3 Å². The molecule has 0 radical (unpaired) electrons. The van der Waals surface area contributed by atoms with Crippen molar-refractivity contribution >= 4 is 40.8 Å². The van der Waals surface area contributed by atoms with Crippen molar-refractivity contribution in [1.29, 1.82) is 0 Å². The lowest BCUT2D eigenvalue weighted by atomic mass is 10.2. The van der Waals surface area contributed by atoms with Crippen LogP contribution < -0.4 is 20.2 Å². The zero-order valence-electron chi connectivity index (χ0n) is 12.7. The van der Waals surface area contributed by atoms with Crippen molar-refractivity contribution in [3.63, 3.8) is 0 Å². The second kappa shape index (κ2) is 8.36. The summed E-state index contributed by atoms with van der Waals surface area (Å²) >= 11 is 11.3. The van der Waals surface area contributed by atoms with Crippen LogP contribution in [0.15, 0.2) is 47.6 Å². The number of thiocarbonyl (C=S) groups is 1. The molecular weight excluding hydrogens is 334 g/mol. The molecule has 0 atom stereocenters. The summed E-state index contributed by atoms with van der Waals surface area (Å²) in [6.45, 7) is 0. The van der Waals surface area contributed by atoms with Crippen LogP contribution in [0, 0.1) is 0 Å². The van der Waals surface area contributed by atoms with Crippen molar-refractivity contribution in [2.45, 2.75) is 0 Å². The molecule has 0 unspecified atom stereocenters. The molecule has 0 bridgehead atoms. The fraction of sp³-hybridized carbons (Fsp3) is 0.125. The van der Waals surface area contributed by atoms with Gasteiger partial charge >= 0.3 is 0 Å². The van der Waals surface area contributed by atoms with Gasteiger partial charge in [0, 0.05) is 5.56 Å². The van der Waals surface area contributed by atoms with Gasteiger partial charge in [0.1, 0.15) is 5.75 Å². The second-order valence-electron chi connectivity index (χ2n) is 4.39. The van der Waals surface area contributed by atoms with Crippen LogP contribution >= 0.6 is 23.8 Å². The van der Waals surface area contributed by atoms with E-state index in [1.807, 2.05) is 30.3 Å². The molecule has 2 rings (SSSR count). The first kappa shape index (κ1) is 17.1. The molecule has 0 aromatic heterocycles. The zero-order valence-corrected chi connectivity index (χ0v) is 14.2. The number of hydrogen-bond donors (Lipinski definition) is 2. The summed E-state index contributed by atoms with van der Waals surface area (Å²) in [5.74, 6) is 1.25. The zero-order chi connectivity index (χ0) is 16.7. The third-order valence-corrected chi connectivity index (χ3v) is 3.42. The van der Waals surface area contributed by atoms with Crippen LogP contribution in [0.2, 0.25) is 5.02 Å². The van der Waals surface area contributed by atoms with E-state index < -0.39 is 0 Å². The van der Waals surface area contributed by atoms with Crippen molar-refractivity contribution in [3.05, 3.63) is 53.1 Å². The number of anilines is 1. The first-order valence-corrected chi connectivity index (χ1v) is 7.50. The van der Waals surface area contributed by atoms with Gasteiger partial charge in [-0.05, 0) is 36.5 Å². The average molecular weight is 350 g/mol. The highest BCUT2D eigenvalue weighted by atomic mass is 35.5. The van der Waals surface area contributed by atoms with Crippen LogP contribution in [0.1, 0.15) is 5.56 Å². The minimum absolute atomic E-state index is 0.316. The molecule has 0 aliphatic heterocycles. The largest absolute Gasteiger partial charge is 0.496 e. The normalized spacial score (nSPS) is 10.4. The number of nitrogens with one attached hydrogen (secondary N) is 2. The van der Waals surface area contributed by atoms with Crippen molar-refractivity contribution in [3.8, 4) is 11.5 Å². The molecule has 0 saturated carbocycles. The fourth-order valence-electron chi connectivity index (χ4n) is 1.90. The van der Waals surface area contributed by atoms with Crippen molar-refractivity contribution in [1.82, 2.24) is 5.43 Å². The molecule has 2 N–H and O–H groups in total. The van der Waals surface area contributed by atoms with E-state index >= 15 is 0 Å². The summed E-state index contributed by atoms with van der Waals surface area (Å²) in [5, 5.41) is 7.89. The smallest absolute Gasteiger partial charge is 0.191 e. The number of rotatable bonds is 5. The molecule has 0 saturated heterocycles. The molecule has 2 aromatic rings. The molecule has 0 aliphatic carbocycles. The van der Waals surface area contributed by atoms with E-state index in [1.54, 1.807) is 32.6 Å². The Balaban J connectivity index is 2.01. The van der Waals surface area contributed by atoms with Gasteiger partial charge in [0.25, 0.3) is 0 Å². The predicted octanol–water partition coefficient (Wildman–Crippen LogP) is 3.68. The minimum atomic E-state index is 0.316. The lowest BCUT2D eigenvalue weighted by Crippen LogP contribution is -2.24. The average Bonchev–Trinajstić information content (AvgIpc) is 2.55. The van der Waals surface area contributed by atoms with E-state index in [1.165, 1.54) is 0 Å². The SMILES string of the molecule is COc1ccccc1/C=N/NC(=S)Nc1cccc(Cl)c1OC. The Hall–Kier alpha value is -2.31. The van der Waals surface area contributed by atoms with Gasteiger partial charge in [-0.15, -0.1) is 0 Å². The Labute approximate surface area is 145 Å². The van der Waals surface area contributed by atoms with Gasteiger partial charge in [0.15, 0.2) is 10.9 Å². The molecule has 0 spiro atoms. The second-order valence-corrected chi connectivity index (χ2v) is 5.20. The Bertz CT molecular complexity index is 722. The van der Waals surface area contributed by atoms with E-state index in [-0.39, 0.29) is 0 Å². The maximum Gasteiger partial charge on any atom is 0.191 e. The molecule has 2 aromatic carbocycles. The summed E-state index contributed by atoms with van der Waals surface area (Å²) in [6, 6.07) is 12.9. The van der Waals surface area contributed by atoms with Crippen LogP contribution in [0.4, 0.5) is 5.69 Å². The van der Waals surface area contributed by atoms with Crippen LogP contribution in [0.3, 0.4) is 0 Å². The molecular formula is C16H16ClN3O2S. The molecule has 5 nitrogen and oxygen atoms in total. The monoisotopic (exact) mass is 349 g/mol. The number of nitrogens with zero attached hydrogens (tertiary/aromatic N) is 1. The quantitative estimate of drug-likeness (QED) is 0.490. The third-order valence-electron chi connectivity index (χ3n) is 2.93. The Morgan fingerprint density at radius 1 is 1.13 bits per heavy atom. The van der Waals surface area contributed by atoms with Crippen LogP contribution in [0.25, 0.3) is 0 Å². The summed E-state index contributed by atoms with van der Waals surface area (Å²) in [5.41, 5.74) is 4.23. The van der Waals surface area contributed by atoms with E-state index in [0.29, 0.717) is 21.6 Å². The topological polar surface area (TPSA) is 54.9 Å². The van der Waals surface area contributed by atoms with Crippen molar-refractivity contribution in [2.75, 3.05) is 19.5 Å². The maximum atomic E-state index is 6.06. The van der Waals surface area contributed by atoms with Gasteiger partial charge in [-0.3, -0.25) is 5.43 Å². The Morgan fingerprint density at radius 3 is 2.65 bits per heavy atom. The van der Waals surface area contributed by atoms with E-state index in [2.05, 4.69) is 15.8 Å². The maximum absolute atomic E-state index is 6.06. The predicted molar refractivity (Wildman–Crippen MR) is 97.9 cm³/mol. The third kappa shape index (κ3) is 4.58. The number of methoxy groups -OCH3 is 2. The lowest BCUT2D eigenvalue weighted by Gasteiger charge is -2.12. The number of hydrogen-bond acceptors (Lipinski definition) is 4. The first-order valence-electron chi connectivity index (χ1n) is 6.71. The highest BCUT2D eigenvalue weighted by Gasteiger charge is 2.08. The van der Waals surface area contributed by atoms with Crippen LogP contribution in [-0.2, 0) is 0 Å². The highest BCUT2D eigenvalue weighted by molar-refractivity contribution is 7.80. The number of benzene rings is 2. The molecule has 0 amide bonds. The van der Waals surface area contributed by atoms with Gasteiger partial charge in [0.2, 0.25) is 0 Å². The van der Waals surface area contributed by atoms with E-state index in [9.17, 15) is 0 Å². The minimum Gasteiger partial charge on any atom is -0.496 e. The van der Waals surface area contributed by atoms with Gasteiger partial charge < -0.3 is 14.8 Å². The van der Waals surface area contributed by atoms with E-state index in [4.69, 9.17) is 33.3 Å².